The van der Waals surface area contributed by atoms with Gasteiger partial charge in [-0.05, 0) is 26.4 Å². The van der Waals surface area contributed by atoms with Crippen LogP contribution in [-0.2, 0) is 16.2 Å². The Labute approximate surface area is 229 Å². The van der Waals surface area contributed by atoms with Crippen molar-refractivity contribution in [1.29, 1.82) is 0 Å². The topological polar surface area (TPSA) is 176 Å². The van der Waals surface area contributed by atoms with Crippen molar-refractivity contribution in [2.75, 3.05) is 33.7 Å². The molecule has 1 rings (SSSR count). The van der Waals surface area contributed by atoms with Gasteiger partial charge in [-0.1, -0.05) is 21.9 Å². The Morgan fingerprint density at radius 1 is 1.17 bits per heavy atom. The Kier molecular flexibility index (Phi) is 17.5. The Bertz CT molecular complexity index is 924. The minimum absolute atomic E-state index is 0.0875. The molecule has 0 aliphatic carbocycles. The number of halogens is 1. The van der Waals surface area contributed by atoms with Crippen LogP contribution < -0.4 is 10.6 Å². The molecule has 0 radical (unpaired) electrons. The van der Waals surface area contributed by atoms with Gasteiger partial charge in [-0.2, -0.15) is 0 Å². The van der Waals surface area contributed by atoms with Gasteiger partial charge in [0.25, 0.3) is 5.96 Å². The summed E-state index contributed by atoms with van der Waals surface area (Å²) in [6, 6.07) is 0. The van der Waals surface area contributed by atoms with Gasteiger partial charge in [0.2, 0.25) is 0 Å². The van der Waals surface area contributed by atoms with Gasteiger partial charge in [0.1, 0.15) is 15.2 Å². The summed E-state index contributed by atoms with van der Waals surface area (Å²) in [5.41, 5.74) is 0. The summed E-state index contributed by atoms with van der Waals surface area (Å²) in [6.45, 7) is 3.80. The number of hydrogen-bond donors (Lipinski definition) is 2. The van der Waals surface area contributed by atoms with E-state index in [1.807, 2.05) is 12.5 Å². The first-order valence-electron chi connectivity index (χ1n) is 9.42. The number of amides is 2. The van der Waals surface area contributed by atoms with Crippen LogP contribution in [0.4, 0.5) is 9.59 Å². The van der Waals surface area contributed by atoms with Crippen molar-refractivity contribution in [1.82, 2.24) is 24.2 Å². The van der Waals surface area contributed by atoms with Crippen LogP contribution in [-0.4, -0.2) is 80.5 Å². The zero-order valence-corrected chi connectivity index (χ0v) is 24.4. The number of oxime groups is 2. The highest BCUT2D eigenvalue weighted by atomic mass is 35.5. The molecule has 1 aromatic heterocycles. The molecule has 0 atom stereocenters. The van der Waals surface area contributed by atoms with Crippen LogP contribution in [0.1, 0.15) is 18.7 Å². The maximum absolute atomic E-state index is 11.6. The summed E-state index contributed by atoms with van der Waals surface area (Å²) in [6.07, 6.45) is 3.80. The quantitative estimate of drug-likeness (QED) is 0.115. The molecule has 0 saturated heterocycles. The lowest BCUT2D eigenvalue weighted by Gasteiger charge is -2.19. The summed E-state index contributed by atoms with van der Waals surface area (Å²) in [7, 11) is 4.42. The van der Waals surface area contributed by atoms with Gasteiger partial charge in [0.15, 0.2) is 9.50 Å². The van der Waals surface area contributed by atoms with Crippen LogP contribution in [0.2, 0.25) is 4.47 Å². The highest BCUT2D eigenvalue weighted by Crippen LogP contribution is 2.17. The predicted octanol–water partition coefficient (Wildman–Crippen LogP) is 3.73. The summed E-state index contributed by atoms with van der Waals surface area (Å²) in [5.74, 6) is 0.0875. The van der Waals surface area contributed by atoms with E-state index >= 15 is 0 Å². The van der Waals surface area contributed by atoms with Gasteiger partial charge < -0.3 is 10.6 Å². The Morgan fingerprint density at radius 3 is 2.03 bits per heavy atom. The van der Waals surface area contributed by atoms with Crippen LogP contribution in [0.25, 0.3) is 0 Å². The average Bonchev–Trinajstić information content (AvgIpc) is 3.27. The van der Waals surface area contributed by atoms with Gasteiger partial charge >= 0.3 is 12.2 Å². The number of carbonyl (C=O) groups excluding carboxylic acids is 2. The molecule has 2 N–H and O–H groups in total. The molecule has 1 heterocycles. The van der Waals surface area contributed by atoms with Gasteiger partial charge in [-0.25, -0.2) is 33.3 Å². The van der Waals surface area contributed by atoms with E-state index < -0.39 is 17.2 Å². The van der Waals surface area contributed by atoms with E-state index in [9.17, 15) is 19.7 Å². The number of thiazole rings is 1. The summed E-state index contributed by atoms with van der Waals surface area (Å²) in [5, 5.41) is 26.1. The number of thioether (sulfide) groups is 2. The Hall–Kier alpha value is -2.48. The lowest BCUT2D eigenvalue weighted by molar-refractivity contribution is -0.485. The van der Waals surface area contributed by atoms with E-state index in [-0.39, 0.29) is 5.96 Å². The Morgan fingerprint density at radius 2 is 1.67 bits per heavy atom. The third-order valence-corrected chi connectivity index (χ3v) is 6.46. The van der Waals surface area contributed by atoms with E-state index in [1.54, 1.807) is 20.0 Å². The van der Waals surface area contributed by atoms with Crippen LogP contribution in [0.15, 0.2) is 21.6 Å². The van der Waals surface area contributed by atoms with Crippen molar-refractivity contribution in [2.24, 2.45) is 15.4 Å². The molecule has 0 aliphatic heterocycles. The summed E-state index contributed by atoms with van der Waals surface area (Å²) < 4.78 is 2.64. The van der Waals surface area contributed by atoms with Gasteiger partial charge in [0.05, 0.1) is 18.7 Å². The lowest BCUT2D eigenvalue weighted by atomic mass is 10.5. The second kappa shape index (κ2) is 18.7. The zero-order chi connectivity index (χ0) is 27.7. The molecule has 0 aromatic carbocycles. The number of hydrazone groups is 1. The van der Waals surface area contributed by atoms with Crippen molar-refractivity contribution in [3.63, 3.8) is 0 Å². The van der Waals surface area contributed by atoms with E-state index in [4.69, 9.17) is 11.6 Å². The number of nitrogens with zero attached hydrogens (tertiary/aromatic N) is 7. The molecular weight excluding hydrogens is 578 g/mol. The first-order valence-corrected chi connectivity index (χ1v) is 13.8. The standard InChI is InChI=1S/C10H18N4O4S3.C6H8ClN5O2S/c1-7(19-5)11-17-9(15)13(3)21-14(4)10(16)18-12-8(2)20-6;1-8-6(11-12(13)14)10-3-4-2-9-5(7)15-4/h1-6H3;2H,3H2,1H3,(H2,8,10,11)/b11-7-,12-8-;. The number of nitrogens with one attached hydrogen (secondary N) is 2. The van der Waals surface area contributed by atoms with E-state index in [1.165, 1.54) is 56.0 Å². The van der Waals surface area contributed by atoms with Crippen molar-refractivity contribution in [3.8, 4) is 0 Å². The molecule has 20 heteroatoms. The normalized spacial score (nSPS) is 11.6. The highest BCUT2D eigenvalue weighted by Gasteiger charge is 2.19. The molecule has 0 spiro atoms. The molecule has 15 nitrogen and oxygen atoms in total. The number of nitro groups is 1. The minimum atomic E-state index is -0.779. The molecule has 202 valence electrons. The van der Waals surface area contributed by atoms with Crippen LogP contribution in [0.3, 0.4) is 0 Å². The third kappa shape index (κ3) is 15.5. The number of carbonyl (C=O) groups is 2. The minimum Gasteiger partial charge on any atom is -0.354 e. The Balaban J connectivity index is 0.000000717. The highest BCUT2D eigenvalue weighted by molar-refractivity contribution is 8.13. The first kappa shape index (κ1) is 33.5. The van der Waals surface area contributed by atoms with E-state index in [0.29, 0.717) is 21.1 Å². The molecule has 0 aliphatic rings. The monoisotopic (exact) mass is 603 g/mol. The average molecular weight is 604 g/mol. The number of guanidine groups is 1. The number of rotatable bonds is 7. The zero-order valence-electron chi connectivity index (χ0n) is 20.4. The summed E-state index contributed by atoms with van der Waals surface area (Å²) in [4.78, 5) is 47.3. The molecule has 0 unspecified atom stereocenters. The largest absolute Gasteiger partial charge is 0.447 e. The lowest BCUT2D eigenvalue weighted by Crippen LogP contribution is -2.34. The van der Waals surface area contributed by atoms with Crippen molar-refractivity contribution >= 4 is 86.8 Å². The second-order valence-corrected chi connectivity index (χ2v) is 10.7. The first-order chi connectivity index (χ1) is 16.9. The molecule has 36 heavy (non-hydrogen) atoms. The van der Waals surface area contributed by atoms with E-state index in [2.05, 4.69) is 40.7 Å². The van der Waals surface area contributed by atoms with Gasteiger partial charge in [-0.15, -0.1) is 34.9 Å². The van der Waals surface area contributed by atoms with Crippen molar-refractivity contribution in [2.45, 2.75) is 20.4 Å². The fraction of sp³-hybridized carbons (Fsp3) is 0.500. The van der Waals surface area contributed by atoms with E-state index in [0.717, 1.165) is 25.6 Å². The SMILES string of the molecule is CN/C(=N\[N+](=O)[O-])NCc1cnc(Cl)s1.CS/C(C)=N\OC(=O)N(C)SN(C)C(=O)O/N=C(/C)SC. The molecular formula is C16H26ClN9O6S4. The molecule has 0 bridgehead atoms. The molecule has 0 saturated carbocycles. The van der Waals surface area contributed by atoms with Gasteiger partial charge in [-0.3, -0.25) is 9.68 Å². The second-order valence-electron chi connectivity index (χ2n) is 5.79. The maximum Gasteiger partial charge on any atom is 0.447 e. The maximum atomic E-state index is 11.6. The molecule has 1 aromatic rings. The van der Waals surface area contributed by atoms with Crippen LogP contribution in [0.5, 0.6) is 0 Å². The third-order valence-electron chi connectivity index (χ3n) is 3.23. The smallest absolute Gasteiger partial charge is 0.354 e. The van der Waals surface area contributed by atoms with Crippen LogP contribution >= 0.6 is 58.6 Å². The van der Waals surface area contributed by atoms with Crippen LogP contribution in [0, 0.1) is 10.1 Å². The molecule has 2 amide bonds. The fourth-order valence-electron chi connectivity index (χ4n) is 1.44. The molecule has 0 fully saturated rings. The predicted molar refractivity (Wildman–Crippen MR) is 147 cm³/mol. The number of aromatic nitrogens is 1. The van der Waals surface area contributed by atoms with Gasteiger partial charge in [0, 0.05) is 32.2 Å². The number of hydrogen-bond acceptors (Lipinski definition) is 13. The fourth-order valence-corrected chi connectivity index (χ4v) is 3.15. The summed E-state index contributed by atoms with van der Waals surface area (Å²) >= 11 is 10.4. The van der Waals surface area contributed by atoms with Crippen molar-refractivity contribution < 1.29 is 24.3 Å². The van der Waals surface area contributed by atoms with Crippen molar-refractivity contribution in [3.05, 3.63) is 25.7 Å².